The van der Waals surface area contributed by atoms with Crippen molar-refractivity contribution in [3.8, 4) is 0 Å². The highest BCUT2D eigenvalue weighted by atomic mass is 32.1. The number of hydrogen-bond donors (Lipinski definition) is 1. The summed E-state index contributed by atoms with van der Waals surface area (Å²) in [5, 5.41) is 4.75. The first kappa shape index (κ1) is 16.5. The lowest BCUT2D eigenvalue weighted by molar-refractivity contribution is 0.0949. The second-order valence-electron chi connectivity index (χ2n) is 6.08. The van der Waals surface area contributed by atoms with Gasteiger partial charge in [-0.3, -0.25) is 4.79 Å². The molecule has 0 atom stereocenters. The molecular formula is C20H18N4OS. The predicted molar refractivity (Wildman–Crippen MR) is 103 cm³/mol. The number of para-hydroxylation sites is 2. The highest BCUT2D eigenvalue weighted by molar-refractivity contribution is 7.03. The molecule has 130 valence electrons. The number of imidazole rings is 1. The number of carbonyl (C=O) groups is 1. The quantitative estimate of drug-likeness (QED) is 0.588. The number of hydrogen-bond acceptors (Lipinski definition) is 4. The minimum atomic E-state index is -0.116. The van der Waals surface area contributed by atoms with Gasteiger partial charge in [-0.1, -0.05) is 42.5 Å². The van der Waals surface area contributed by atoms with Crippen LogP contribution in [-0.2, 0) is 13.1 Å². The molecule has 5 nitrogen and oxygen atoms in total. The molecule has 0 fully saturated rings. The van der Waals surface area contributed by atoms with Gasteiger partial charge in [0.05, 0.1) is 28.8 Å². The molecule has 4 rings (SSSR count). The van der Waals surface area contributed by atoms with Crippen LogP contribution in [0.5, 0.6) is 0 Å². The number of nitrogens with zero attached hydrogens (tertiary/aromatic N) is 3. The van der Waals surface area contributed by atoms with E-state index in [1.54, 1.807) is 5.38 Å². The first-order valence-corrected chi connectivity index (χ1v) is 9.23. The van der Waals surface area contributed by atoms with Crippen molar-refractivity contribution in [1.29, 1.82) is 0 Å². The average Bonchev–Trinajstić information content (AvgIpc) is 3.25. The smallest absolute Gasteiger partial charge is 0.254 e. The van der Waals surface area contributed by atoms with Crippen LogP contribution in [0.4, 0.5) is 0 Å². The van der Waals surface area contributed by atoms with Gasteiger partial charge in [0.2, 0.25) is 0 Å². The highest BCUT2D eigenvalue weighted by Crippen LogP contribution is 2.18. The fraction of sp³-hybridized carbons (Fsp3) is 0.150. The molecule has 0 aliphatic rings. The van der Waals surface area contributed by atoms with E-state index in [0.717, 1.165) is 22.6 Å². The van der Waals surface area contributed by atoms with Gasteiger partial charge in [0.15, 0.2) is 0 Å². The van der Waals surface area contributed by atoms with Gasteiger partial charge in [-0.05, 0) is 36.2 Å². The molecule has 4 aromatic rings. The topological polar surface area (TPSA) is 59.8 Å². The minimum absolute atomic E-state index is 0.116. The molecule has 1 N–H and O–H groups in total. The summed E-state index contributed by atoms with van der Waals surface area (Å²) in [6.07, 6.45) is 0. The fourth-order valence-corrected chi connectivity index (χ4v) is 3.66. The summed E-state index contributed by atoms with van der Waals surface area (Å²) >= 11 is 1.29. The zero-order valence-corrected chi connectivity index (χ0v) is 15.2. The molecule has 2 aromatic heterocycles. The number of carbonyl (C=O) groups excluding carboxylic acids is 1. The van der Waals surface area contributed by atoms with Crippen molar-refractivity contribution in [2.24, 2.45) is 0 Å². The van der Waals surface area contributed by atoms with Crippen LogP contribution in [0.1, 0.15) is 27.4 Å². The van der Waals surface area contributed by atoms with E-state index in [9.17, 15) is 4.79 Å². The maximum atomic E-state index is 12.4. The van der Waals surface area contributed by atoms with Crippen LogP contribution < -0.4 is 5.32 Å². The Morgan fingerprint density at radius 2 is 1.88 bits per heavy atom. The molecule has 26 heavy (non-hydrogen) atoms. The molecule has 0 bridgehead atoms. The molecule has 6 heteroatoms. The largest absolute Gasteiger partial charge is 0.345 e. The number of fused-ring (bicyclic) bond motifs is 1. The zero-order chi connectivity index (χ0) is 17.9. The third-order valence-electron chi connectivity index (χ3n) is 4.32. The molecule has 0 saturated heterocycles. The van der Waals surface area contributed by atoms with Crippen LogP contribution in [0.3, 0.4) is 0 Å². The lowest BCUT2D eigenvalue weighted by Crippen LogP contribution is -2.25. The number of rotatable bonds is 5. The van der Waals surface area contributed by atoms with E-state index in [1.807, 2.05) is 43.3 Å². The fourth-order valence-electron chi connectivity index (χ4n) is 2.97. The van der Waals surface area contributed by atoms with E-state index in [1.165, 1.54) is 17.1 Å². The monoisotopic (exact) mass is 362 g/mol. The van der Waals surface area contributed by atoms with Gasteiger partial charge in [-0.2, -0.15) is 4.37 Å². The maximum Gasteiger partial charge on any atom is 0.254 e. The number of aryl methyl sites for hydroxylation is 1. The van der Waals surface area contributed by atoms with Crippen LogP contribution in [0.2, 0.25) is 0 Å². The van der Waals surface area contributed by atoms with Gasteiger partial charge < -0.3 is 9.88 Å². The highest BCUT2D eigenvalue weighted by Gasteiger charge is 2.14. The average molecular weight is 362 g/mol. The van der Waals surface area contributed by atoms with E-state index in [2.05, 4.69) is 32.5 Å². The van der Waals surface area contributed by atoms with Crippen molar-refractivity contribution in [3.05, 3.63) is 82.6 Å². The van der Waals surface area contributed by atoms with Crippen molar-refractivity contribution in [2.75, 3.05) is 0 Å². The molecule has 0 aliphatic carbocycles. The molecule has 2 heterocycles. The normalized spacial score (nSPS) is 11.0. The summed E-state index contributed by atoms with van der Waals surface area (Å²) in [6.45, 7) is 2.93. The Morgan fingerprint density at radius 1 is 1.12 bits per heavy atom. The second-order valence-corrected chi connectivity index (χ2v) is 6.71. The van der Waals surface area contributed by atoms with Crippen LogP contribution in [0.15, 0.2) is 60.0 Å². The Bertz CT molecular complexity index is 1050. The van der Waals surface area contributed by atoms with Gasteiger partial charge in [0, 0.05) is 11.9 Å². The van der Waals surface area contributed by atoms with Gasteiger partial charge in [0.25, 0.3) is 5.91 Å². The van der Waals surface area contributed by atoms with Crippen LogP contribution in [-0.4, -0.2) is 19.8 Å². The number of nitrogens with one attached hydrogen (secondary N) is 1. The molecule has 0 spiro atoms. The van der Waals surface area contributed by atoms with Crippen molar-refractivity contribution in [1.82, 2.24) is 19.2 Å². The summed E-state index contributed by atoms with van der Waals surface area (Å²) in [7, 11) is 0. The Labute approximate surface area is 155 Å². The van der Waals surface area contributed by atoms with Gasteiger partial charge in [-0.15, -0.1) is 0 Å². The zero-order valence-electron chi connectivity index (χ0n) is 14.3. The summed E-state index contributed by atoms with van der Waals surface area (Å²) in [5.41, 5.74) is 4.57. The summed E-state index contributed by atoms with van der Waals surface area (Å²) in [4.78, 5) is 17.1. The molecular weight excluding hydrogens is 344 g/mol. The lowest BCUT2D eigenvalue weighted by Gasteiger charge is -2.10. The van der Waals surface area contributed by atoms with Crippen LogP contribution in [0, 0.1) is 6.92 Å². The second kappa shape index (κ2) is 7.09. The Kier molecular flexibility index (Phi) is 4.50. The standard InChI is InChI=1S/C20H18N4OS/c1-14-16(13-26-23-14)20(25)21-11-19-22-17-9-5-6-10-18(17)24(19)12-15-7-3-2-4-8-15/h2-10,13H,11-12H2,1H3,(H,21,25). The Balaban J connectivity index is 1.63. The summed E-state index contributed by atoms with van der Waals surface area (Å²) in [5.74, 6) is 0.721. The number of benzene rings is 2. The SMILES string of the molecule is Cc1nscc1C(=O)NCc1nc2ccccc2n1Cc1ccccc1. The van der Waals surface area contributed by atoms with E-state index in [-0.39, 0.29) is 5.91 Å². The molecule has 0 unspecified atom stereocenters. The number of aromatic nitrogens is 3. The van der Waals surface area contributed by atoms with E-state index in [0.29, 0.717) is 18.7 Å². The van der Waals surface area contributed by atoms with Crippen molar-refractivity contribution in [2.45, 2.75) is 20.0 Å². The summed E-state index contributed by atoms with van der Waals surface area (Å²) in [6, 6.07) is 18.3. The van der Waals surface area contributed by atoms with E-state index in [4.69, 9.17) is 4.98 Å². The van der Waals surface area contributed by atoms with Gasteiger partial charge in [-0.25, -0.2) is 4.98 Å². The van der Waals surface area contributed by atoms with E-state index >= 15 is 0 Å². The van der Waals surface area contributed by atoms with Crippen molar-refractivity contribution >= 4 is 28.5 Å². The first-order valence-electron chi connectivity index (χ1n) is 8.39. The van der Waals surface area contributed by atoms with E-state index < -0.39 is 0 Å². The molecule has 0 saturated carbocycles. The molecule has 0 radical (unpaired) electrons. The third-order valence-corrected chi connectivity index (χ3v) is 5.04. The maximum absolute atomic E-state index is 12.4. The van der Waals surface area contributed by atoms with Crippen molar-refractivity contribution in [3.63, 3.8) is 0 Å². The minimum Gasteiger partial charge on any atom is -0.345 e. The number of amides is 1. The molecule has 1 amide bonds. The molecule has 0 aliphatic heterocycles. The molecule has 2 aromatic carbocycles. The van der Waals surface area contributed by atoms with Gasteiger partial charge in [0.1, 0.15) is 5.82 Å². The Morgan fingerprint density at radius 3 is 2.65 bits per heavy atom. The first-order chi connectivity index (χ1) is 12.7. The van der Waals surface area contributed by atoms with Crippen LogP contribution >= 0.6 is 11.5 Å². The van der Waals surface area contributed by atoms with Crippen LogP contribution in [0.25, 0.3) is 11.0 Å². The third kappa shape index (κ3) is 3.23. The predicted octanol–water partition coefficient (Wildman–Crippen LogP) is 3.78. The Hall–Kier alpha value is -2.99. The van der Waals surface area contributed by atoms with Crippen molar-refractivity contribution < 1.29 is 4.79 Å². The lowest BCUT2D eigenvalue weighted by atomic mass is 10.2. The summed E-state index contributed by atoms with van der Waals surface area (Å²) < 4.78 is 6.32. The van der Waals surface area contributed by atoms with Gasteiger partial charge >= 0.3 is 0 Å².